The number of para-hydroxylation sites is 2. The van der Waals surface area contributed by atoms with E-state index in [0.29, 0.717) is 11.2 Å². The standard InChI is InChI=1S/C26H21N3O2S/c1-15-7-2-5-12-21(15)29-25(31)22-14-19-18-10-3-4-11-20(18)27-23(19)24(28(22)26(29)32)16-8-6-9-17(30)13-16/h2-13,24,27,30-31H,14H2,1H3. The van der Waals surface area contributed by atoms with Crippen LogP contribution in [0, 0.1) is 11.7 Å². The van der Waals surface area contributed by atoms with E-state index in [1.54, 1.807) is 16.7 Å². The second-order valence-electron chi connectivity index (χ2n) is 8.28. The molecule has 3 N–H and O–H groups in total. The summed E-state index contributed by atoms with van der Waals surface area (Å²) in [5.74, 6) is 0.353. The van der Waals surface area contributed by atoms with Gasteiger partial charge >= 0.3 is 0 Å². The van der Waals surface area contributed by atoms with Gasteiger partial charge in [0.2, 0.25) is 5.88 Å². The van der Waals surface area contributed by atoms with Crippen molar-refractivity contribution in [3.05, 3.63) is 106 Å². The van der Waals surface area contributed by atoms with Gasteiger partial charge in [-0.25, -0.2) is 0 Å². The molecule has 2 aromatic heterocycles. The lowest BCUT2D eigenvalue weighted by molar-refractivity contribution is 0.433. The highest BCUT2D eigenvalue weighted by molar-refractivity contribution is 7.71. The minimum Gasteiger partial charge on any atom is -0.508 e. The number of phenols is 1. The molecule has 3 aromatic carbocycles. The Morgan fingerprint density at radius 2 is 1.75 bits per heavy atom. The van der Waals surface area contributed by atoms with E-state index in [2.05, 4.69) is 17.1 Å². The number of aromatic hydroxyl groups is 2. The monoisotopic (exact) mass is 439 g/mol. The van der Waals surface area contributed by atoms with E-state index in [-0.39, 0.29) is 17.7 Å². The number of aromatic amines is 1. The Kier molecular flexibility index (Phi) is 4.07. The Hall–Kier alpha value is -3.77. The summed E-state index contributed by atoms with van der Waals surface area (Å²) in [4.78, 5) is 3.59. The van der Waals surface area contributed by atoms with Gasteiger partial charge in [-0.05, 0) is 60.1 Å². The predicted molar refractivity (Wildman–Crippen MR) is 127 cm³/mol. The number of imidazole rings is 1. The van der Waals surface area contributed by atoms with Gasteiger partial charge in [-0.15, -0.1) is 0 Å². The second-order valence-corrected chi connectivity index (χ2v) is 8.65. The zero-order valence-corrected chi connectivity index (χ0v) is 18.2. The van der Waals surface area contributed by atoms with Gasteiger partial charge in [0.25, 0.3) is 0 Å². The van der Waals surface area contributed by atoms with Gasteiger partial charge in [-0.2, -0.15) is 0 Å². The fourth-order valence-electron chi connectivity index (χ4n) is 4.96. The molecule has 0 fully saturated rings. The fourth-order valence-corrected chi connectivity index (χ4v) is 5.36. The van der Waals surface area contributed by atoms with Crippen LogP contribution in [-0.2, 0) is 6.42 Å². The summed E-state index contributed by atoms with van der Waals surface area (Å²) >= 11 is 5.95. The molecule has 5 aromatic rings. The van der Waals surface area contributed by atoms with Gasteiger partial charge < -0.3 is 19.8 Å². The van der Waals surface area contributed by atoms with E-state index in [9.17, 15) is 10.2 Å². The largest absolute Gasteiger partial charge is 0.508 e. The number of fused-ring (bicyclic) bond motifs is 4. The molecule has 6 heteroatoms. The Balaban J connectivity index is 1.69. The highest BCUT2D eigenvalue weighted by Gasteiger charge is 2.34. The normalized spacial score (nSPS) is 15.0. The van der Waals surface area contributed by atoms with Crippen molar-refractivity contribution in [3.63, 3.8) is 0 Å². The third-order valence-corrected chi connectivity index (χ3v) is 6.80. The zero-order valence-electron chi connectivity index (χ0n) is 17.4. The molecule has 0 aliphatic carbocycles. The number of aromatic nitrogens is 3. The van der Waals surface area contributed by atoms with Crippen LogP contribution < -0.4 is 0 Å². The molecule has 0 bridgehead atoms. The number of aryl methyl sites for hydroxylation is 1. The van der Waals surface area contributed by atoms with Crippen molar-refractivity contribution in [3.8, 4) is 17.3 Å². The molecule has 1 aliphatic heterocycles. The second kappa shape index (κ2) is 6.87. The molecule has 32 heavy (non-hydrogen) atoms. The molecule has 5 nitrogen and oxygen atoms in total. The highest BCUT2D eigenvalue weighted by atomic mass is 32.1. The average Bonchev–Trinajstić information content (AvgIpc) is 3.28. The number of phenolic OH excluding ortho intramolecular Hbond substituents is 1. The third kappa shape index (κ3) is 2.59. The Labute approximate surface area is 189 Å². The molecule has 158 valence electrons. The highest BCUT2D eigenvalue weighted by Crippen LogP contribution is 2.44. The van der Waals surface area contributed by atoms with E-state index >= 15 is 0 Å². The first-order valence-corrected chi connectivity index (χ1v) is 10.9. The molecular weight excluding hydrogens is 418 g/mol. The first-order valence-electron chi connectivity index (χ1n) is 10.5. The van der Waals surface area contributed by atoms with Crippen LogP contribution in [0.1, 0.15) is 34.1 Å². The van der Waals surface area contributed by atoms with E-state index < -0.39 is 0 Å². The predicted octanol–water partition coefficient (Wildman–Crippen LogP) is 5.75. The summed E-state index contributed by atoms with van der Waals surface area (Å²) in [6.07, 6.45) is 0.559. The van der Waals surface area contributed by atoms with Crippen molar-refractivity contribution in [2.75, 3.05) is 0 Å². The van der Waals surface area contributed by atoms with Crippen molar-refractivity contribution < 1.29 is 10.2 Å². The van der Waals surface area contributed by atoms with Gasteiger partial charge in [-0.3, -0.25) is 4.57 Å². The first kappa shape index (κ1) is 19.0. The Morgan fingerprint density at radius 3 is 2.56 bits per heavy atom. The van der Waals surface area contributed by atoms with Crippen LogP contribution in [0.15, 0.2) is 72.8 Å². The molecule has 6 rings (SSSR count). The summed E-state index contributed by atoms with van der Waals surface area (Å²) in [5.41, 5.74) is 6.77. The molecule has 1 aliphatic rings. The molecule has 0 saturated carbocycles. The van der Waals surface area contributed by atoms with Crippen molar-refractivity contribution in [1.29, 1.82) is 0 Å². The van der Waals surface area contributed by atoms with E-state index in [1.165, 1.54) is 0 Å². The van der Waals surface area contributed by atoms with Gasteiger partial charge in [0, 0.05) is 23.0 Å². The number of nitrogens with zero attached hydrogens (tertiary/aromatic N) is 2. The van der Waals surface area contributed by atoms with Crippen LogP contribution in [0.4, 0.5) is 0 Å². The van der Waals surface area contributed by atoms with Gasteiger partial charge in [0.15, 0.2) is 4.77 Å². The fraction of sp³-hybridized carbons (Fsp3) is 0.115. The molecule has 0 radical (unpaired) electrons. The molecular formula is C26H21N3O2S. The van der Waals surface area contributed by atoms with Crippen LogP contribution in [0.5, 0.6) is 11.6 Å². The van der Waals surface area contributed by atoms with Gasteiger partial charge in [-0.1, -0.05) is 48.5 Å². The molecule has 0 saturated heterocycles. The van der Waals surface area contributed by atoms with Crippen molar-refractivity contribution in [2.24, 2.45) is 0 Å². The van der Waals surface area contributed by atoms with Crippen molar-refractivity contribution in [2.45, 2.75) is 19.4 Å². The summed E-state index contributed by atoms with van der Waals surface area (Å²) in [7, 11) is 0. The van der Waals surface area contributed by atoms with E-state index in [4.69, 9.17) is 12.2 Å². The maximum absolute atomic E-state index is 11.4. The van der Waals surface area contributed by atoms with Crippen LogP contribution in [0.2, 0.25) is 0 Å². The molecule has 1 atom stereocenters. The zero-order chi connectivity index (χ0) is 22.0. The molecule has 0 amide bonds. The maximum atomic E-state index is 11.4. The number of benzene rings is 3. The minimum atomic E-state index is -0.295. The SMILES string of the molecule is Cc1ccccc1-n1c(O)c2n(c1=S)C(c1cccc(O)c1)c1[nH]c3ccccc3c1C2. The molecule has 3 heterocycles. The van der Waals surface area contributed by atoms with Crippen LogP contribution >= 0.6 is 12.2 Å². The molecule has 0 spiro atoms. The number of rotatable bonds is 2. The Bertz CT molecular complexity index is 1570. The van der Waals surface area contributed by atoms with Crippen molar-refractivity contribution >= 4 is 23.1 Å². The van der Waals surface area contributed by atoms with E-state index in [0.717, 1.165) is 44.7 Å². The number of nitrogens with one attached hydrogen (secondary N) is 1. The quantitative estimate of drug-likeness (QED) is 0.301. The first-order chi connectivity index (χ1) is 15.5. The number of hydrogen-bond donors (Lipinski definition) is 3. The average molecular weight is 440 g/mol. The summed E-state index contributed by atoms with van der Waals surface area (Å²) in [6, 6.07) is 23.0. The lowest BCUT2D eigenvalue weighted by atomic mass is 9.93. The summed E-state index contributed by atoms with van der Waals surface area (Å²) in [6.45, 7) is 2.01. The number of hydrogen-bond acceptors (Lipinski definition) is 3. The topological polar surface area (TPSA) is 66.1 Å². The lowest BCUT2D eigenvalue weighted by Crippen LogP contribution is -2.21. The van der Waals surface area contributed by atoms with Crippen LogP contribution in [-0.4, -0.2) is 24.3 Å². The van der Waals surface area contributed by atoms with Crippen molar-refractivity contribution in [1.82, 2.24) is 14.1 Å². The summed E-state index contributed by atoms with van der Waals surface area (Å²) < 4.78 is 4.29. The van der Waals surface area contributed by atoms with Gasteiger partial charge in [0.1, 0.15) is 11.8 Å². The van der Waals surface area contributed by atoms with Crippen LogP contribution in [0.25, 0.3) is 16.6 Å². The third-order valence-electron chi connectivity index (χ3n) is 6.42. The number of H-pyrrole nitrogens is 1. The van der Waals surface area contributed by atoms with Gasteiger partial charge in [0.05, 0.1) is 11.4 Å². The maximum Gasteiger partial charge on any atom is 0.218 e. The lowest BCUT2D eigenvalue weighted by Gasteiger charge is -2.26. The smallest absolute Gasteiger partial charge is 0.218 e. The minimum absolute atomic E-state index is 0.158. The van der Waals surface area contributed by atoms with Crippen LogP contribution in [0.3, 0.4) is 0 Å². The molecule has 1 unspecified atom stereocenters. The van der Waals surface area contributed by atoms with E-state index in [1.807, 2.05) is 60.0 Å². The Morgan fingerprint density at radius 1 is 0.969 bits per heavy atom. The summed E-state index contributed by atoms with van der Waals surface area (Å²) in [5, 5.41) is 22.8.